The first-order chi connectivity index (χ1) is 36.3. The lowest BCUT2D eigenvalue weighted by Crippen LogP contribution is -2.29. The Balaban J connectivity index is 4.05. The van der Waals surface area contributed by atoms with E-state index in [1.165, 1.54) is 19.3 Å². The number of nitrogens with two attached hydrogens (primary N) is 1. The van der Waals surface area contributed by atoms with Gasteiger partial charge in [0.2, 0.25) is 0 Å². The highest BCUT2D eigenvalue weighted by Gasteiger charge is 2.26. The van der Waals surface area contributed by atoms with Crippen LogP contribution >= 0.6 is 7.82 Å². The first-order valence-electron chi connectivity index (χ1n) is 28.5. The average Bonchev–Trinajstić information content (AvgIpc) is 3.39. The lowest BCUT2D eigenvalue weighted by atomic mass is 10.1. The number of carbonyl (C=O) groups excluding carboxylic acids is 2. The molecule has 416 valence electrons. The third kappa shape index (κ3) is 56.9. The summed E-state index contributed by atoms with van der Waals surface area (Å²) in [6.45, 7) is 3.53. The molecule has 0 aromatic carbocycles. The monoisotopic (exact) mass is 1040 g/mol. The van der Waals surface area contributed by atoms with Crippen molar-refractivity contribution in [3.8, 4) is 0 Å². The van der Waals surface area contributed by atoms with Gasteiger partial charge in [0.15, 0.2) is 6.10 Å². The Labute approximate surface area is 451 Å². The molecule has 2 unspecified atom stereocenters. The molecular formula is C64H102NO8P. The maximum Gasteiger partial charge on any atom is 0.472 e. The molecule has 9 nitrogen and oxygen atoms in total. The van der Waals surface area contributed by atoms with Gasteiger partial charge in [-0.2, -0.15) is 0 Å². The van der Waals surface area contributed by atoms with Crippen molar-refractivity contribution < 1.29 is 37.6 Å². The summed E-state index contributed by atoms with van der Waals surface area (Å²) < 4.78 is 32.8. The summed E-state index contributed by atoms with van der Waals surface area (Å²) in [7, 11) is -4.40. The summed E-state index contributed by atoms with van der Waals surface area (Å²) in [5.41, 5.74) is 5.36. The van der Waals surface area contributed by atoms with Gasteiger partial charge in [-0.25, -0.2) is 4.57 Å². The van der Waals surface area contributed by atoms with E-state index in [9.17, 15) is 19.0 Å². The van der Waals surface area contributed by atoms with Gasteiger partial charge in [0, 0.05) is 19.4 Å². The van der Waals surface area contributed by atoms with Gasteiger partial charge in [0.05, 0.1) is 13.2 Å². The van der Waals surface area contributed by atoms with Gasteiger partial charge in [0.1, 0.15) is 6.61 Å². The van der Waals surface area contributed by atoms with Crippen LogP contribution in [0, 0.1) is 0 Å². The zero-order valence-corrected chi connectivity index (χ0v) is 47.1. The minimum absolute atomic E-state index is 0.0398. The molecule has 0 rings (SSSR count). The van der Waals surface area contributed by atoms with E-state index in [-0.39, 0.29) is 32.6 Å². The summed E-state index contributed by atoms with van der Waals surface area (Å²) in [6.07, 6.45) is 84.5. The molecule has 0 bridgehead atoms. The largest absolute Gasteiger partial charge is 0.472 e. The molecule has 0 aromatic heterocycles. The fourth-order valence-corrected chi connectivity index (χ4v) is 7.73. The molecule has 0 aromatic rings. The summed E-state index contributed by atoms with van der Waals surface area (Å²) in [4.78, 5) is 35.0. The second kappa shape index (κ2) is 57.9. The van der Waals surface area contributed by atoms with Crippen molar-refractivity contribution in [3.63, 3.8) is 0 Å². The number of phosphoric acid groups is 1. The fraction of sp³-hybridized carbons (Fsp3) is 0.562. The van der Waals surface area contributed by atoms with Crippen LogP contribution in [0.1, 0.15) is 200 Å². The van der Waals surface area contributed by atoms with Crippen LogP contribution in [-0.4, -0.2) is 49.3 Å². The number of allylic oxidation sites excluding steroid dienone is 26. The number of unbranched alkanes of at least 4 members (excludes halogenated alkanes) is 12. The van der Waals surface area contributed by atoms with E-state index in [1.807, 2.05) is 0 Å². The third-order valence-corrected chi connectivity index (χ3v) is 12.1. The maximum atomic E-state index is 12.7. The molecule has 74 heavy (non-hydrogen) atoms. The van der Waals surface area contributed by atoms with Crippen LogP contribution in [0.4, 0.5) is 0 Å². The number of hydrogen-bond acceptors (Lipinski definition) is 8. The Bertz CT molecular complexity index is 1760. The number of rotatable bonds is 51. The Kier molecular flexibility index (Phi) is 54.5. The van der Waals surface area contributed by atoms with Crippen molar-refractivity contribution in [2.75, 3.05) is 26.4 Å². The van der Waals surface area contributed by atoms with Crippen molar-refractivity contribution in [1.29, 1.82) is 0 Å². The second-order valence-electron chi connectivity index (χ2n) is 18.1. The second-order valence-corrected chi connectivity index (χ2v) is 19.5. The van der Waals surface area contributed by atoms with Gasteiger partial charge >= 0.3 is 19.8 Å². The van der Waals surface area contributed by atoms with Crippen LogP contribution in [0.15, 0.2) is 158 Å². The molecule has 0 spiro atoms. The van der Waals surface area contributed by atoms with Crippen molar-refractivity contribution in [2.24, 2.45) is 5.73 Å². The van der Waals surface area contributed by atoms with Gasteiger partial charge in [-0.15, -0.1) is 0 Å². The molecule has 0 saturated heterocycles. The standard InChI is InChI=1S/C64H102NO8P/c1-3-5-7-9-11-13-15-17-18-19-20-21-22-23-24-25-26-27-28-29-30-31-32-33-34-35-36-37-38-39-40-41-42-43-44-45-47-49-51-53-55-57-64(67)73-62(61-72-74(68,69)71-59-58-65)60-70-63(66)56-54-52-50-48-46-16-14-12-10-8-6-4-2/h5,7,11-14,17-18,20-21,23-24,26-27,29-30,32-33,35-36,38-39,41-42,44-45,62H,3-4,6,8-10,15-16,19,22,25,28,31,34,37,40,43,46-61,65H2,1-2H3,(H,68,69)/b7-5-,13-11-,14-12-,18-17-,21-20-,24-23-,27-26-,30-29-,33-32-,36-35-,39-38-,42-41-,45-44-. The Morgan fingerprint density at radius 1 is 0.419 bits per heavy atom. The van der Waals surface area contributed by atoms with Crippen LogP contribution in [0.3, 0.4) is 0 Å². The van der Waals surface area contributed by atoms with Crippen LogP contribution in [0.2, 0.25) is 0 Å². The summed E-state index contributed by atoms with van der Waals surface area (Å²) in [5, 5.41) is 0. The molecule has 0 aliphatic heterocycles. The zero-order valence-electron chi connectivity index (χ0n) is 46.3. The van der Waals surface area contributed by atoms with E-state index in [0.717, 1.165) is 141 Å². The minimum atomic E-state index is -4.40. The molecule has 0 aliphatic rings. The first-order valence-corrected chi connectivity index (χ1v) is 30.0. The Morgan fingerprint density at radius 3 is 1.12 bits per heavy atom. The lowest BCUT2D eigenvalue weighted by molar-refractivity contribution is -0.161. The smallest absolute Gasteiger partial charge is 0.462 e. The van der Waals surface area contributed by atoms with Gasteiger partial charge in [0.25, 0.3) is 0 Å². The van der Waals surface area contributed by atoms with E-state index in [2.05, 4.69) is 172 Å². The van der Waals surface area contributed by atoms with E-state index < -0.39 is 32.5 Å². The third-order valence-electron chi connectivity index (χ3n) is 11.1. The van der Waals surface area contributed by atoms with Crippen LogP contribution < -0.4 is 5.73 Å². The molecule has 2 atom stereocenters. The number of ether oxygens (including phenoxy) is 2. The predicted octanol–water partition coefficient (Wildman–Crippen LogP) is 18.1. The molecule has 0 aliphatic carbocycles. The predicted molar refractivity (Wildman–Crippen MR) is 316 cm³/mol. The minimum Gasteiger partial charge on any atom is -0.462 e. The fourth-order valence-electron chi connectivity index (χ4n) is 6.96. The zero-order chi connectivity index (χ0) is 53.8. The van der Waals surface area contributed by atoms with Gasteiger partial charge in [-0.1, -0.05) is 217 Å². The highest BCUT2D eigenvalue weighted by atomic mass is 31.2. The summed E-state index contributed by atoms with van der Waals surface area (Å²) in [6, 6.07) is 0. The molecular weight excluding hydrogens is 942 g/mol. The molecule has 0 saturated carbocycles. The van der Waals surface area contributed by atoms with Crippen molar-refractivity contribution in [2.45, 2.75) is 206 Å². The molecule has 0 radical (unpaired) electrons. The van der Waals surface area contributed by atoms with Crippen LogP contribution in [0.25, 0.3) is 0 Å². The normalized spacial score (nSPS) is 14.3. The van der Waals surface area contributed by atoms with E-state index in [0.29, 0.717) is 12.8 Å². The van der Waals surface area contributed by atoms with Gasteiger partial charge in [-0.05, 0) is 128 Å². The van der Waals surface area contributed by atoms with Crippen LogP contribution in [0.5, 0.6) is 0 Å². The Morgan fingerprint density at radius 2 is 0.743 bits per heavy atom. The average molecular weight is 1040 g/mol. The molecule has 0 fully saturated rings. The number of esters is 2. The number of hydrogen-bond donors (Lipinski definition) is 2. The first kappa shape index (κ1) is 69.6. The quantitative estimate of drug-likeness (QED) is 0.0264. The lowest BCUT2D eigenvalue weighted by Gasteiger charge is -2.19. The van der Waals surface area contributed by atoms with E-state index >= 15 is 0 Å². The SMILES string of the molecule is CC/C=C\C/C=C\C/C=C\C/C=C\C/C=C\C/C=C\C/C=C\C/C=C\C/C=C\C/C=C\C/C=C\C/C=C\CCCCCCC(=O)OC(COC(=O)CCCCCCC/C=C\CCCCC)COP(=O)(O)OCCN. The topological polar surface area (TPSA) is 134 Å². The summed E-state index contributed by atoms with van der Waals surface area (Å²) >= 11 is 0. The Hall–Kier alpha value is -4.37. The molecule has 0 amide bonds. The van der Waals surface area contributed by atoms with Gasteiger partial charge < -0.3 is 20.1 Å². The number of carbonyl (C=O) groups is 2. The molecule has 10 heteroatoms. The van der Waals surface area contributed by atoms with Crippen molar-refractivity contribution in [3.05, 3.63) is 158 Å². The van der Waals surface area contributed by atoms with E-state index in [1.54, 1.807) is 0 Å². The van der Waals surface area contributed by atoms with Crippen LogP contribution in [-0.2, 0) is 32.7 Å². The maximum absolute atomic E-state index is 12.7. The number of phosphoric ester groups is 1. The molecule has 3 N–H and O–H groups in total. The molecule has 0 heterocycles. The highest BCUT2D eigenvalue weighted by Crippen LogP contribution is 2.43. The summed E-state index contributed by atoms with van der Waals surface area (Å²) in [5.74, 6) is -0.882. The van der Waals surface area contributed by atoms with Crippen molar-refractivity contribution in [1.82, 2.24) is 0 Å². The van der Waals surface area contributed by atoms with Crippen molar-refractivity contribution >= 4 is 19.8 Å². The van der Waals surface area contributed by atoms with Gasteiger partial charge in [-0.3, -0.25) is 18.6 Å². The highest BCUT2D eigenvalue weighted by molar-refractivity contribution is 7.47. The van der Waals surface area contributed by atoms with E-state index in [4.69, 9.17) is 24.3 Å².